The van der Waals surface area contributed by atoms with Crippen molar-refractivity contribution in [2.24, 2.45) is 0 Å². The summed E-state index contributed by atoms with van der Waals surface area (Å²) in [5.74, 6) is 0.648. The third-order valence-corrected chi connectivity index (χ3v) is 7.22. The van der Waals surface area contributed by atoms with Gasteiger partial charge in [-0.2, -0.15) is 13.2 Å². The van der Waals surface area contributed by atoms with Crippen LogP contribution in [0.25, 0.3) is 11.4 Å². The molecule has 13 heteroatoms. The van der Waals surface area contributed by atoms with E-state index >= 15 is 0 Å². The number of aromatic nitrogens is 3. The van der Waals surface area contributed by atoms with Crippen molar-refractivity contribution >= 4 is 23.4 Å². The van der Waals surface area contributed by atoms with Crippen molar-refractivity contribution in [1.82, 2.24) is 15.0 Å². The number of carbonyl (C=O) groups excluding carboxylic acids is 1. The summed E-state index contributed by atoms with van der Waals surface area (Å²) in [5, 5.41) is 2.83. The van der Waals surface area contributed by atoms with Crippen LogP contribution >= 0.6 is 0 Å². The summed E-state index contributed by atoms with van der Waals surface area (Å²) < 4.78 is 57.0. The van der Waals surface area contributed by atoms with Crippen molar-refractivity contribution in [3.05, 3.63) is 54.4 Å². The van der Waals surface area contributed by atoms with Gasteiger partial charge in [0, 0.05) is 18.7 Å². The van der Waals surface area contributed by atoms with Gasteiger partial charge in [-0.3, -0.25) is 10.2 Å². The lowest BCUT2D eigenvalue weighted by atomic mass is 10.0. The number of nitrogens with zero attached hydrogens (tertiary/aromatic N) is 5. The molecule has 0 aliphatic carbocycles. The number of carbonyl (C=O) groups is 1. The molecule has 10 nitrogen and oxygen atoms in total. The Bertz CT molecular complexity index is 1440. The Morgan fingerprint density at radius 1 is 1.20 bits per heavy atom. The van der Waals surface area contributed by atoms with Crippen LogP contribution in [0.1, 0.15) is 32.3 Å². The summed E-state index contributed by atoms with van der Waals surface area (Å²) in [4.78, 5) is 30.5. The molecule has 0 unspecified atom stereocenters. The number of alkyl halides is 3. The minimum atomic E-state index is -4.50. The maximum atomic E-state index is 13.6. The molecule has 216 valence electrons. The first-order valence-corrected chi connectivity index (χ1v) is 13.4. The van der Waals surface area contributed by atoms with Gasteiger partial charge >= 0.3 is 12.2 Å². The van der Waals surface area contributed by atoms with E-state index in [1.165, 1.54) is 18.3 Å². The molecule has 2 amide bonds. The largest absolute Gasteiger partial charge is 0.489 e. The molecule has 0 spiro atoms. The third-order valence-electron chi connectivity index (χ3n) is 7.22. The van der Waals surface area contributed by atoms with Crippen LogP contribution in [0.3, 0.4) is 0 Å². The van der Waals surface area contributed by atoms with Crippen LogP contribution in [-0.2, 0) is 15.7 Å². The standard InChI is InChI=1S/C28H29F3N6O4/c1-27(2)40-16-21(41-27)15-39-20-8-9-23(32-12-20)34-26(38)37-19-7-4-10-36(14-19)22-13-33-24(35-25(22)37)17-5-3-6-18(11-17)28(29,30)31/h3,5-6,8-9,11-13,19,21H,4,7,10,14-16H2,1-2H3,(H,32,34,38)/t19-,21+/m0/s1. The molecule has 2 fully saturated rings. The number of hydrogen-bond acceptors (Lipinski definition) is 8. The zero-order valence-corrected chi connectivity index (χ0v) is 22.5. The van der Waals surface area contributed by atoms with Crippen molar-refractivity contribution in [1.29, 1.82) is 0 Å². The van der Waals surface area contributed by atoms with E-state index in [1.54, 1.807) is 23.2 Å². The number of ether oxygens (including phenoxy) is 3. The van der Waals surface area contributed by atoms with Gasteiger partial charge in [-0.05, 0) is 51.0 Å². The lowest BCUT2D eigenvalue weighted by Gasteiger charge is -2.45. The Balaban J connectivity index is 1.21. The van der Waals surface area contributed by atoms with Crippen LogP contribution < -0.4 is 19.9 Å². The monoisotopic (exact) mass is 570 g/mol. The topological polar surface area (TPSA) is 102 Å². The quantitative estimate of drug-likeness (QED) is 0.452. The first kappa shape index (κ1) is 27.2. The first-order chi connectivity index (χ1) is 19.6. The van der Waals surface area contributed by atoms with E-state index in [2.05, 4.69) is 25.2 Å². The normalized spacial score (nSPS) is 21.4. The predicted octanol–water partition coefficient (Wildman–Crippen LogP) is 5.11. The highest BCUT2D eigenvalue weighted by Gasteiger charge is 2.39. The number of benzene rings is 1. The predicted molar refractivity (Wildman–Crippen MR) is 144 cm³/mol. The molecule has 5 heterocycles. The fourth-order valence-corrected chi connectivity index (χ4v) is 5.30. The van der Waals surface area contributed by atoms with Crippen LogP contribution in [0.4, 0.5) is 35.3 Å². The average molecular weight is 571 g/mol. The van der Waals surface area contributed by atoms with Crippen molar-refractivity contribution in [2.75, 3.05) is 41.4 Å². The number of halogens is 3. The van der Waals surface area contributed by atoms with E-state index in [1.807, 2.05) is 13.8 Å². The first-order valence-electron chi connectivity index (χ1n) is 13.4. The van der Waals surface area contributed by atoms with E-state index in [9.17, 15) is 18.0 Å². The Hall–Kier alpha value is -3.97. The lowest BCUT2D eigenvalue weighted by Crippen LogP contribution is -2.56. The summed E-state index contributed by atoms with van der Waals surface area (Å²) in [5.41, 5.74) is 0.0758. The Morgan fingerprint density at radius 2 is 2.05 bits per heavy atom. The fraction of sp³-hybridized carbons (Fsp3) is 0.429. The second kappa shape index (κ2) is 10.5. The number of anilines is 3. The number of urea groups is 1. The fourth-order valence-electron chi connectivity index (χ4n) is 5.30. The number of amides is 2. The maximum absolute atomic E-state index is 13.6. The van der Waals surface area contributed by atoms with Gasteiger partial charge in [-0.25, -0.2) is 19.7 Å². The van der Waals surface area contributed by atoms with Gasteiger partial charge < -0.3 is 19.1 Å². The lowest BCUT2D eigenvalue weighted by molar-refractivity contribution is -0.141. The van der Waals surface area contributed by atoms with Crippen LogP contribution in [0.15, 0.2) is 48.8 Å². The van der Waals surface area contributed by atoms with Crippen LogP contribution in [0.5, 0.6) is 5.75 Å². The minimum absolute atomic E-state index is 0.105. The molecular formula is C28H29F3N6O4. The second-order valence-corrected chi connectivity index (χ2v) is 10.7. The average Bonchev–Trinajstić information content (AvgIpc) is 3.30. The zero-order chi connectivity index (χ0) is 28.8. The van der Waals surface area contributed by atoms with E-state index in [4.69, 9.17) is 14.2 Å². The Labute approximate surface area is 234 Å². The molecular weight excluding hydrogens is 541 g/mol. The van der Waals surface area contributed by atoms with Crippen molar-refractivity contribution in [3.63, 3.8) is 0 Å². The summed E-state index contributed by atoms with van der Waals surface area (Å²) in [7, 11) is 0. The molecule has 0 radical (unpaired) electrons. The number of rotatable bonds is 5. The molecule has 3 aliphatic rings. The number of pyridine rings is 1. The van der Waals surface area contributed by atoms with E-state index in [0.29, 0.717) is 42.8 Å². The van der Waals surface area contributed by atoms with Crippen LogP contribution in [0.2, 0.25) is 0 Å². The molecule has 1 aromatic carbocycles. The van der Waals surface area contributed by atoms with Crippen molar-refractivity contribution < 1.29 is 32.2 Å². The smallest absolute Gasteiger partial charge is 0.416 e. The van der Waals surface area contributed by atoms with Gasteiger partial charge in [-0.1, -0.05) is 12.1 Å². The van der Waals surface area contributed by atoms with E-state index < -0.39 is 23.6 Å². The van der Waals surface area contributed by atoms with Crippen molar-refractivity contribution in [3.8, 4) is 17.1 Å². The molecule has 0 saturated carbocycles. The van der Waals surface area contributed by atoms with E-state index in [-0.39, 0.29) is 23.5 Å². The Morgan fingerprint density at radius 3 is 2.78 bits per heavy atom. The number of piperidine rings is 1. The number of fused-ring (bicyclic) bond motifs is 4. The number of hydrogen-bond donors (Lipinski definition) is 1. The van der Waals surface area contributed by atoms with Gasteiger partial charge in [-0.15, -0.1) is 0 Å². The zero-order valence-electron chi connectivity index (χ0n) is 22.5. The third kappa shape index (κ3) is 5.77. The van der Waals surface area contributed by atoms with Crippen LogP contribution in [-0.4, -0.2) is 65.2 Å². The molecule has 6 rings (SSSR count). The van der Waals surface area contributed by atoms with Crippen molar-refractivity contribution in [2.45, 2.75) is 50.8 Å². The molecule has 2 bridgehead atoms. The molecule has 41 heavy (non-hydrogen) atoms. The summed E-state index contributed by atoms with van der Waals surface area (Å²) in [6.07, 6.45) is 0.0292. The SMILES string of the molecule is CC1(C)OC[C@@H](COc2ccc(NC(=O)N3c4nc(-c5cccc(C(F)(F)F)c5)ncc4N4CCC[C@H]3C4)nc2)O1. The summed E-state index contributed by atoms with van der Waals surface area (Å²) in [6, 6.07) is 7.57. The highest BCUT2D eigenvalue weighted by Crippen LogP contribution is 2.39. The number of nitrogens with one attached hydrogen (secondary N) is 1. The van der Waals surface area contributed by atoms with Gasteiger partial charge in [0.15, 0.2) is 17.4 Å². The van der Waals surface area contributed by atoms with Gasteiger partial charge in [0.1, 0.15) is 24.3 Å². The molecule has 3 aliphatic heterocycles. The molecule has 2 saturated heterocycles. The summed E-state index contributed by atoms with van der Waals surface area (Å²) >= 11 is 0. The Kier molecular flexibility index (Phi) is 6.94. The van der Waals surface area contributed by atoms with Gasteiger partial charge in [0.05, 0.1) is 36.3 Å². The molecule has 1 N–H and O–H groups in total. The maximum Gasteiger partial charge on any atom is 0.416 e. The van der Waals surface area contributed by atoms with E-state index in [0.717, 1.165) is 31.5 Å². The van der Waals surface area contributed by atoms with Crippen LogP contribution in [0, 0.1) is 0 Å². The van der Waals surface area contributed by atoms with Gasteiger partial charge in [0.2, 0.25) is 0 Å². The molecule has 3 aromatic rings. The highest BCUT2D eigenvalue weighted by molar-refractivity contribution is 6.04. The van der Waals surface area contributed by atoms with Gasteiger partial charge in [0.25, 0.3) is 0 Å². The second-order valence-electron chi connectivity index (χ2n) is 10.7. The minimum Gasteiger partial charge on any atom is -0.489 e. The molecule has 2 aromatic heterocycles. The molecule has 2 atom stereocenters. The highest BCUT2D eigenvalue weighted by atomic mass is 19.4. The summed E-state index contributed by atoms with van der Waals surface area (Å²) in [6.45, 7) is 5.81.